The number of hydrogen-bond donors (Lipinski definition) is 1. The predicted octanol–water partition coefficient (Wildman–Crippen LogP) is 3.13. The number of methoxy groups -OCH3 is 1. The van der Waals surface area contributed by atoms with Gasteiger partial charge in [-0.3, -0.25) is 0 Å². The fraction of sp³-hybridized carbons (Fsp3) is 0.238. The molecule has 0 radical (unpaired) electrons. The van der Waals surface area contributed by atoms with Crippen molar-refractivity contribution >= 4 is 10.0 Å². The van der Waals surface area contributed by atoms with Crippen molar-refractivity contribution in [1.29, 1.82) is 0 Å². The van der Waals surface area contributed by atoms with Gasteiger partial charge in [-0.05, 0) is 67.4 Å². The van der Waals surface area contributed by atoms with E-state index in [1.54, 1.807) is 37.4 Å². The Morgan fingerprint density at radius 3 is 2.31 bits per heavy atom. The van der Waals surface area contributed by atoms with Crippen LogP contribution in [0.2, 0.25) is 0 Å². The number of nitrogens with zero attached hydrogens (tertiary/aromatic N) is 2. The fourth-order valence-electron chi connectivity index (χ4n) is 2.61. The molecule has 0 unspecified atom stereocenters. The van der Waals surface area contributed by atoms with Crippen molar-refractivity contribution in [2.45, 2.75) is 18.7 Å². The third kappa shape index (κ3) is 5.30. The van der Waals surface area contributed by atoms with Gasteiger partial charge in [0.05, 0.1) is 17.7 Å². The lowest BCUT2D eigenvalue weighted by Crippen LogP contribution is -2.28. The van der Waals surface area contributed by atoms with E-state index < -0.39 is 10.0 Å². The topological polar surface area (TPSA) is 90.4 Å². The van der Waals surface area contributed by atoms with Crippen molar-refractivity contribution in [2.75, 3.05) is 20.3 Å². The highest BCUT2D eigenvalue weighted by Crippen LogP contribution is 2.21. The van der Waals surface area contributed by atoms with Crippen molar-refractivity contribution in [3.8, 4) is 22.9 Å². The molecule has 0 aliphatic rings. The quantitative estimate of drug-likeness (QED) is 0.571. The number of sulfonamides is 1. The summed E-state index contributed by atoms with van der Waals surface area (Å²) in [5, 5.41) is 8.17. The molecule has 0 atom stereocenters. The van der Waals surface area contributed by atoms with E-state index in [4.69, 9.17) is 9.47 Å². The summed E-state index contributed by atoms with van der Waals surface area (Å²) in [6, 6.07) is 16.0. The summed E-state index contributed by atoms with van der Waals surface area (Å²) in [6.45, 7) is 4.08. The van der Waals surface area contributed by atoms with Crippen LogP contribution in [0, 0.1) is 13.8 Å². The van der Waals surface area contributed by atoms with Crippen LogP contribution in [-0.2, 0) is 10.0 Å². The molecular weight excluding hydrogens is 390 g/mol. The molecule has 0 amide bonds. The number of rotatable bonds is 8. The van der Waals surface area contributed by atoms with Crippen LogP contribution in [-0.4, -0.2) is 38.9 Å². The van der Waals surface area contributed by atoms with Crippen molar-refractivity contribution < 1.29 is 17.9 Å². The lowest BCUT2D eigenvalue weighted by molar-refractivity contribution is 0.307. The van der Waals surface area contributed by atoms with Crippen molar-refractivity contribution in [3.05, 3.63) is 65.7 Å². The van der Waals surface area contributed by atoms with E-state index in [9.17, 15) is 8.42 Å². The number of aromatic nitrogens is 2. The summed E-state index contributed by atoms with van der Waals surface area (Å²) in [6.07, 6.45) is 0. The zero-order valence-electron chi connectivity index (χ0n) is 16.5. The van der Waals surface area contributed by atoms with Crippen LogP contribution in [0.25, 0.3) is 11.3 Å². The lowest BCUT2D eigenvalue weighted by atomic mass is 10.1. The van der Waals surface area contributed by atoms with Gasteiger partial charge < -0.3 is 9.47 Å². The Balaban J connectivity index is 1.53. The zero-order valence-corrected chi connectivity index (χ0v) is 17.4. The number of ether oxygens (including phenoxy) is 2. The average Bonchev–Trinajstić information content (AvgIpc) is 2.73. The van der Waals surface area contributed by atoms with Gasteiger partial charge in [0, 0.05) is 18.2 Å². The third-order valence-corrected chi connectivity index (χ3v) is 5.92. The summed E-state index contributed by atoms with van der Waals surface area (Å²) in [7, 11) is -1.96. The summed E-state index contributed by atoms with van der Waals surface area (Å²) in [5.41, 5.74) is 3.58. The summed E-state index contributed by atoms with van der Waals surface area (Å²) in [4.78, 5) is 0.240. The first-order valence-electron chi connectivity index (χ1n) is 9.07. The largest absolute Gasteiger partial charge is 0.497 e. The van der Waals surface area contributed by atoms with Crippen LogP contribution in [0.5, 0.6) is 11.6 Å². The Morgan fingerprint density at radius 1 is 0.931 bits per heavy atom. The normalized spacial score (nSPS) is 11.3. The van der Waals surface area contributed by atoms with Crippen molar-refractivity contribution in [3.63, 3.8) is 0 Å². The maximum atomic E-state index is 12.4. The van der Waals surface area contributed by atoms with Crippen LogP contribution in [0.1, 0.15) is 11.1 Å². The molecule has 0 saturated carbocycles. The Morgan fingerprint density at radius 2 is 1.69 bits per heavy atom. The van der Waals surface area contributed by atoms with Gasteiger partial charge in [-0.1, -0.05) is 6.07 Å². The first-order chi connectivity index (χ1) is 13.9. The molecule has 0 aliphatic heterocycles. The highest BCUT2D eigenvalue weighted by Gasteiger charge is 2.14. The van der Waals surface area contributed by atoms with Crippen LogP contribution in [0.3, 0.4) is 0 Å². The standard InChI is InChI=1S/C21H23N3O4S/c1-15-4-9-19(14-16(15)2)29(25,26)22-12-13-28-21-11-10-20(23-24-21)17-5-7-18(27-3)8-6-17/h4-11,14,22H,12-13H2,1-3H3. The maximum absolute atomic E-state index is 12.4. The minimum absolute atomic E-state index is 0.122. The second-order valence-electron chi connectivity index (χ2n) is 6.48. The summed E-state index contributed by atoms with van der Waals surface area (Å²) in [5.74, 6) is 1.09. The number of nitrogens with one attached hydrogen (secondary N) is 1. The van der Waals surface area contributed by atoms with E-state index >= 15 is 0 Å². The maximum Gasteiger partial charge on any atom is 0.240 e. The highest BCUT2D eigenvalue weighted by molar-refractivity contribution is 7.89. The van der Waals surface area contributed by atoms with Gasteiger partial charge in [0.25, 0.3) is 0 Å². The minimum Gasteiger partial charge on any atom is -0.497 e. The van der Waals surface area contributed by atoms with Crippen LogP contribution >= 0.6 is 0 Å². The number of aryl methyl sites for hydroxylation is 2. The molecule has 1 N–H and O–H groups in total. The first-order valence-corrected chi connectivity index (χ1v) is 10.6. The van der Waals surface area contributed by atoms with Gasteiger partial charge >= 0.3 is 0 Å². The van der Waals surface area contributed by atoms with Crippen molar-refractivity contribution in [2.24, 2.45) is 0 Å². The van der Waals surface area contributed by atoms with Crippen LogP contribution in [0.15, 0.2) is 59.5 Å². The second-order valence-corrected chi connectivity index (χ2v) is 8.24. The molecule has 1 aromatic heterocycles. The van der Waals surface area contributed by atoms with Crippen LogP contribution < -0.4 is 14.2 Å². The molecule has 29 heavy (non-hydrogen) atoms. The van der Waals surface area contributed by atoms with Gasteiger partial charge in [-0.2, -0.15) is 0 Å². The molecule has 0 saturated heterocycles. The van der Waals surface area contributed by atoms with Crippen LogP contribution in [0.4, 0.5) is 0 Å². The molecule has 3 rings (SSSR count). The van der Waals surface area contributed by atoms with E-state index in [0.29, 0.717) is 11.6 Å². The van der Waals surface area contributed by atoms with E-state index in [1.807, 2.05) is 38.1 Å². The van der Waals surface area contributed by atoms with E-state index in [0.717, 1.165) is 22.4 Å². The van der Waals surface area contributed by atoms with Gasteiger partial charge in [-0.15, -0.1) is 10.2 Å². The zero-order chi connectivity index (χ0) is 20.9. The Kier molecular flexibility index (Phi) is 6.46. The predicted molar refractivity (Wildman–Crippen MR) is 111 cm³/mol. The first kappa shape index (κ1) is 20.8. The fourth-order valence-corrected chi connectivity index (χ4v) is 3.71. The van der Waals surface area contributed by atoms with E-state index in [1.165, 1.54) is 0 Å². The SMILES string of the molecule is COc1ccc(-c2ccc(OCCNS(=O)(=O)c3ccc(C)c(C)c3)nn2)cc1. The highest BCUT2D eigenvalue weighted by atomic mass is 32.2. The minimum atomic E-state index is -3.58. The molecule has 8 heteroatoms. The molecule has 0 fully saturated rings. The number of benzene rings is 2. The van der Waals surface area contributed by atoms with E-state index in [2.05, 4.69) is 14.9 Å². The summed E-state index contributed by atoms with van der Waals surface area (Å²) < 4.78 is 37.9. The molecule has 1 heterocycles. The second kappa shape index (κ2) is 9.02. The number of hydrogen-bond acceptors (Lipinski definition) is 6. The molecule has 3 aromatic rings. The molecule has 152 valence electrons. The Labute approximate surface area is 170 Å². The van der Waals surface area contributed by atoms with Gasteiger partial charge in [-0.25, -0.2) is 13.1 Å². The molecule has 0 spiro atoms. The smallest absolute Gasteiger partial charge is 0.240 e. The Hall–Kier alpha value is -2.97. The van der Waals surface area contributed by atoms with Gasteiger partial charge in [0.15, 0.2) is 0 Å². The third-order valence-electron chi connectivity index (χ3n) is 4.46. The molecule has 0 aliphatic carbocycles. The summed E-state index contributed by atoms with van der Waals surface area (Å²) >= 11 is 0. The monoisotopic (exact) mass is 413 g/mol. The molecule has 7 nitrogen and oxygen atoms in total. The molecule has 2 aromatic carbocycles. The molecule has 0 bridgehead atoms. The average molecular weight is 413 g/mol. The van der Waals surface area contributed by atoms with Gasteiger partial charge in [0.2, 0.25) is 15.9 Å². The molecular formula is C21H23N3O4S. The lowest BCUT2D eigenvalue weighted by Gasteiger charge is -2.09. The van der Waals surface area contributed by atoms with Crippen molar-refractivity contribution in [1.82, 2.24) is 14.9 Å². The Bertz CT molecular complexity index is 1070. The van der Waals surface area contributed by atoms with Gasteiger partial charge in [0.1, 0.15) is 12.4 Å². The van der Waals surface area contributed by atoms with E-state index in [-0.39, 0.29) is 18.0 Å².